The van der Waals surface area contributed by atoms with Crippen LogP contribution in [0.25, 0.3) is 0 Å². The van der Waals surface area contributed by atoms with Gasteiger partial charge in [0.05, 0.1) is 30.4 Å². The quantitative estimate of drug-likeness (QED) is 0.379. The first-order valence-electron chi connectivity index (χ1n) is 11.5. The minimum Gasteiger partial charge on any atom is -0.372 e. The highest BCUT2D eigenvalue weighted by molar-refractivity contribution is 5.81. The molecule has 1 saturated heterocycles. The summed E-state index contributed by atoms with van der Waals surface area (Å²) < 4.78 is 82.9. The summed E-state index contributed by atoms with van der Waals surface area (Å²) in [5.74, 6) is 0.150. The average molecular weight is 538 g/mol. The van der Waals surface area contributed by atoms with Crippen LogP contribution in [0.4, 0.5) is 26.3 Å². The third-order valence-electron chi connectivity index (χ3n) is 5.46. The van der Waals surface area contributed by atoms with Gasteiger partial charge in [0.25, 0.3) is 5.56 Å². The second kappa shape index (κ2) is 12.9. The summed E-state index contributed by atoms with van der Waals surface area (Å²) in [7, 11) is 0. The highest BCUT2D eigenvalue weighted by Gasteiger charge is 2.35. The van der Waals surface area contributed by atoms with Crippen molar-refractivity contribution in [2.45, 2.75) is 58.7 Å². The molecule has 8 nitrogen and oxygen atoms in total. The molecule has 1 N–H and O–H groups in total. The smallest absolute Gasteiger partial charge is 0.372 e. The fourth-order valence-electron chi connectivity index (χ4n) is 3.47. The second-order valence-electron chi connectivity index (χ2n) is 8.26. The Balaban J connectivity index is 1.90. The first kappa shape index (κ1) is 30.1. The highest BCUT2D eigenvalue weighted by atomic mass is 19.4. The Morgan fingerprint density at radius 3 is 2.35 bits per heavy atom. The molecule has 1 aromatic heterocycles. The first-order chi connectivity index (χ1) is 17.3. The van der Waals surface area contributed by atoms with Crippen LogP contribution in [0.15, 0.2) is 39.4 Å². The van der Waals surface area contributed by atoms with E-state index in [9.17, 15) is 35.9 Å². The normalized spacial score (nSPS) is 17.0. The molecule has 1 aromatic rings. The molecule has 2 heterocycles. The number of ether oxygens (including phenoxy) is 1. The van der Waals surface area contributed by atoms with Crippen LogP contribution < -0.4 is 5.56 Å². The molecule has 0 saturated carbocycles. The van der Waals surface area contributed by atoms with Crippen LogP contribution in [-0.2, 0) is 22.3 Å². The fraction of sp³-hybridized carbons (Fsp3) is 0.565. The number of aromatic nitrogens is 2. The van der Waals surface area contributed by atoms with Gasteiger partial charge in [0, 0.05) is 32.4 Å². The van der Waals surface area contributed by atoms with Gasteiger partial charge in [-0.2, -0.15) is 31.4 Å². The van der Waals surface area contributed by atoms with Gasteiger partial charge in [-0.3, -0.25) is 9.59 Å². The lowest BCUT2D eigenvalue weighted by molar-refractivity contribution is -0.139. The molecule has 2 rings (SSSR count). The Morgan fingerprint density at radius 2 is 1.81 bits per heavy atom. The van der Waals surface area contributed by atoms with Crippen LogP contribution in [-0.4, -0.2) is 70.6 Å². The Bertz CT molecular complexity index is 1070. The number of nitrogens with zero attached hydrogens (tertiary/aromatic N) is 4. The molecule has 1 aliphatic heterocycles. The number of aromatic amines is 1. The number of hydrogen-bond donors (Lipinski definition) is 1. The molecule has 0 spiro atoms. The number of H-pyrrole nitrogens is 1. The minimum absolute atomic E-state index is 0.0402. The molecule has 1 aliphatic rings. The minimum atomic E-state index is -4.83. The average Bonchev–Trinajstić information content (AvgIpc) is 2.81. The lowest BCUT2D eigenvalue weighted by atomic mass is 10.2. The van der Waals surface area contributed by atoms with Gasteiger partial charge in [-0.05, 0) is 32.4 Å². The van der Waals surface area contributed by atoms with Crippen LogP contribution >= 0.6 is 0 Å². The van der Waals surface area contributed by atoms with E-state index >= 15 is 0 Å². The van der Waals surface area contributed by atoms with Crippen LogP contribution in [0.1, 0.15) is 44.9 Å². The number of carbonyl (C=O) groups excluding carboxylic acids is 1. The predicted molar refractivity (Wildman–Crippen MR) is 124 cm³/mol. The van der Waals surface area contributed by atoms with Gasteiger partial charge in [0.2, 0.25) is 5.91 Å². The molecule has 1 atom stereocenters. The number of nitrogens with one attached hydrogen (secondary N) is 1. The summed E-state index contributed by atoms with van der Waals surface area (Å²) in [6.07, 6.45) is -6.03. The number of piperazine rings is 1. The van der Waals surface area contributed by atoms with E-state index in [1.807, 2.05) is 6.92 Å². The van der Waals surface area contributed by atoms with Crippen molar-refractivity contribution in [3.63, 3.8) is 0 Å². The van der Waals surface area contributed by atoms with Gasteiger partial charge in [0.15, 0.2) is 0 Å². The van der Waals surface area contributed by atoms with E-state index in [2.05, 4.69) is 10.1 Å². The van der Waals surface area contributed by atoms with E-state index in [1.165, 1.54) is 6.92 Å². The van der Waals surface area contributed by atoms with Crippen molar-refractivity contribution < 1.29 is 35.9 Å². The van der Waals surface area contributed by atoms with Gasteiger partial charge in [-0.25, -0.2) is 10.1 Å². The van der Waals surface area contributed by atoms with E-state index in [-0.39, 0.29) is 24.6 Å². The van der Waals surface area contributed by atoms with Gasteiger partial charge in [0.1, 0.15) is 11.4 Å². The maximum atomic E-state index is 13.0. The largest absolute Gasteiger partial charge is 0.421 e. The maximum Gasteiger partial charge on any atom is 0.421 e. The van der Waals surface area contributed by atoms with Crippen molar-refractivity contribution in [3.05, 3.63) is 51.2 Å². The van der Waals surface area contributed by atoms with E-state index < -0.39 is 35.2 Å². The molecule has 0 radical (unpaired) electrons. The molecular weight excluding hydrogens is 508 g/mol. The van der Waals surface area contributed by atoms with Crippen LogP contribution in [0.2, 0.25) is 0 Å². The number of aliphatic imine (C=N–C) groups is 1. The third kappa shape index (κ3) is 9.02. The van der Waals surface area contributed by atoms with Crippen molar-refractivity contribution in [1.82, 2.24) is 20.0 Å². The molecule has 1 fully saturated rings. The fourth-order valence-corrected chi connectivity index (χ4v) is 3.47. The number of hydrogen-bond acceptors (Lipinski definition) is 6. The summed E-state index contributed by atoms with van der Waals surface area (Å²) in [6.45, 7) is 5.72. The zero-order valence-electron chi connectivity index (χ0n) is 20.6. The second-order valence-corrected chi connectivity index (χ2v) is 8.26. The van der Waals surface area contributed by atoms with Crippen LogP contribution in [0.5, 0.6) is 0 Å². The van der Waals surface area contributed by atoms with Gasteiger partial charge in [-0.15, -0.1) is 0 Å². The summed E-state index contributed by atoms with van der Waals surface area (Å²) in [5.41, 5.74) is -3.74. The van der Waals surface area contributed by atoms with E-state index in [1.54, 1.807) is 27.9 Å². The van der Waals surface area contributed by atoms with Gasteiger partial charge >= 0.3 is 12.4 Å². The molecule has 0 aromatic carbocycles. The summed E-state index contributed by atoms with van der Waals surface area (Å²) >= 11 is 0. The topological polar surface area (TPSA) is 90.9 Å². The molecule has 37 heavy (non-hydrogen) atoms. The summed E-state index contributed by atoms with van der Waals surface area (Å²) in [6, 6.07) is 0.602. The predicted octanol–water partition coefficient (Wildman–Crippen LogP) is 4.06. The SMILES string of the molecule is C\C=C(/C=N\C(=C\CC)N1CCN(C(=O)CC(C)OCc2cc(C(F)(F)F)c(=O)[nH]n2)CC1)C(F)(F)F. The number of allylic oxidation sites excluding steroid dienone is 3. The Morgan fingerprint density at radius 1 is 1.19 bits per heavy atom. The molecule has 0 bridgehead atoms. The number of carbonyl (C=O) groups is 1. The Labute approximate surface area is 209 Å². The number of rotatable bonds is 9. The van der Waals surface area contributed by atoms with Crippen molar-refractivity contribution in [3.8, 4) is 0 Å². The maximum absolute atomic E-state index is 13.0. The van der Waals surface area contributed by atoms with E-state index in [4.69, 9.17) is 4.74 Å². The summed E-state index contributed by atoms with van der Waals surface area (Å²) in [5, 5.41) is 5.31. The number of alkyl halides is 6. The molecule has 1 amide bonds. The Kier molecular flexibility index (Phi) is 10.5. The zero-order valence-corrected chi connectivity index (χ0v) is 20.6. The summed E-state index contributed by atoms with van der Waals surface area (Å²) in [4.78, 5) is 31.4. The molecular formula is C23H29F6N5O3. The van der Waals surface area contributed by atoms with Crippen molar-refractivity contribution >= 4 is 12.1 Å². The highest BCUT2D eigenvalue weighted by Crippen LogP contribution is 2.27. The monoisotopic (exact) mass is 537 g/mol. The lowest BCUT2D eigenvalue weighted by Crippen LogP contribution is -2.48. The Hall–Kier alpha value is -3.16. The van der Waals surface area contributed by atoms with Crippen molar-refractivity contribution in [2.24, 2.45) is 4.99 Å². The van der Waals surface area contributed by atoms with Gasteiger partial charge < -0.3 is 14.5 Å². The lowest BCUT2D eigenvalue weighted by Gasteiger charge is -2.36. The molecule has 0 aliphatic carbocycles. The standard InChI is InChI=1S/C23H29F6N5O3/c1-4-6-19(30-13-16(5-2)22(24,25)26)33-7-9-34(10-8-33)20(35)11-15(3)37-14-17-12-18(23(27,28)29)21(36)32-31-17/h5-6,12-13,15H,4,7-11,14H2,1-3H3,(H,32,36)/b16-5+,19-6-,30-13-. The van der Waals surface area contributed by atoms with Gasteiger partial charge in [-0.1, -0.05) is 13.0 Å². The number of halogens is 6. The molecule has 14 heteroatoms. The molecule has 206 valence electrons. The third-order valence-corrected chi connectivity index (χ3v) is 5.46. The molecule has 1 unspecified atom stereocenters. The van der Waals surface area contributed by atoms with Crippen molar-refractivity contribution in [1.29, 1.82) is 0 Å². The zero-order chi connectivity index (χ0) is 27.8. The van der Waals surface area contributed by atoms with Crippen LogP contribution in [0, 0.1) is 0 Å². The van der Waals surface area contributed by atoms with Crippen molar-refractivity contribution in [2.75, 3.05) is 26.2 Å². The van der Waals surface area contributed by atoms with E-state index in [0.717, 1.165) is 12.3 Å². The first-order valence-corrected chi connectivity index (χ1v) is 11.5. The van der Waals surface area contributed by atoms with Crippen LogP contribution in [0.3, 0.4) is 0 Å². The van der Waals surface area contributed by atoms with E-state index in [0.29, 0.717) is 44.5 Å². The number of amides is 1.